The molecule has 0 aliphatic carbocycles. The number of aromatic nitrogens is 1. The van der Waals surface area contributed by atoms with Crippen molar-refractivity contribution in [1.82, 2.24) is 14.8 Å². The number of amides is 1. The number of ketones is 1. The molecular formula is C16H27N3O2. The predicted octanol–water partition coefficient (Wildman–Crippen LogP) is 1.53. The van der Waals surface area contributed by atoms with Crippen LogP contribution in [0.5, 0.6) is 0 Å². The van der Waals surface area contributed by atoms with Crippen LogP contribution in [-0.4, -0.2) is 47.8 Å². The van der Waals surface area contributed by atoms with Crippen LogP contribution in [0.15, 0.2) is 6.07 Å². The average Bonchev–Trinajstić information content (AvgIpc) is 2.64. The second-order valence-electron chi connectivity index (χ2n) is 6.14. The fraction of sp³-hybridized carbons (Fsp3) is 0.625. The van der Waals surface area contributed by atoms with Crippen LogP contribution in [0.1, 0.15) is 35.6 Å². The lowest BCUT2D eigenvalue weighted by atomic mass is 10.1. The van der Waals surface area contributed by atoms with E-state index in [0.29, 0.717) is 12.5 Å². The summed E-state index contributed by atoms with van der Waals surface area (Å²) in [6.07, 6.45) is 0. The molecule has 0 radical (unpaired) electrons. The summed E-state index contributed by atoms with van der Waals surface area (Å²) < 4.78 is 2.00. The van der Waals surface area contributed by atoms with Crippen molar-refractivity contribution >= 4 is 11.7 Å². The van der Waals surface area contributed by atoms with Gasteiger partial charge in [-0.05, 0) is 32.9 Å². The first kappa shape index (κ1) is 17.4. The molecule has 0 aromatic carbocycles. The molecule has 0 fully saturated rings. The van der Waals surface area contributed by atoms with Gasteiger partial charge in [0.2, 0.25) is 5.91 Å². The lowest BCUT2D eigenvalue weighted by Crippen LogP contribution is -2.38. The van der Waals surface area contributed by atoms with Crippen molar-refractivity contribution in [2.45, 2.75) is 27.7 Å². The standard InChI is InChI=1S/C16H27N3O2/c1-11(2)8-17-16(21)10-18(5)9-15(20)14-7-12(3)19(6)13(14)4/h7,11H,8-10H2,1-6H3,(H,17,21). The first-order valence-electron chi connectivity index (χ1n) is 7.33. The highest BCUT2D eigenvalue weighted by Crippen LogP contribution is 2.14. The van der Waals surface area contributed by atoms with E-state index in [0.717, 1.165) is 17.0 Å². The minimum absolute atomic E-state index is 0.0417. The van der Waals surface area contributed by atoms with E-state index in [1.54, 1.807) is 11.9 Å². The zero-order chi connectivity index (χ0) is 16.2. The van der Waals surface area contributed by atoms with Crippen molar-refractivity contribution in [3.63, 3.8) is 0 Å². The van der Waals surface area contributed by atoms with Gasteiger partial charge in [-0.25, -0.2) is 0 Å². The Morgan fingerprint density at radius 1 is 1.29 bits per heavy atom. The number of carbonyl (C=O) groups excluding carboxylic acids is 2. The molecule has 118 valence electrons. The molecule has 0 atom stereocenters. The summed E-state index contributed by atoms with van der Waals surface area (Å²) in [7, 11) is 3.74. The summed E-state index contributed by atoms with van der Waals surface area (Å²) in [4.78, 5) is 25.8. The van der Waals surface area contributed by atoms with Crippen LogP contribution in [0.2, 0.25) is 0 Å². The highest BCUT2D eigenvalue weighted by atomic mass is 16.2. The Balaban J connectivity index is 2.54. The molecule has 21 heavy (non-hydrogen) atoms. The van der Waals surface area contributed by atoms with E-state index >= 15 is 0 Å². The van der Waals surface area contributed by atoms with Crippen molar-refractivity contribution in [3.8, 4) is 0 Å². The number of nitrogens with one attached hydrogen (secondary N) is 1. The maximum atomic E-state index is 12.3. The summed E-state index contributed by atoms with van der Waals surface area (Å²) in [6.45, 7) is 9.17. The Bertz CT molecular complexity index is 518. The van der Waals surface area contributed by atoms with Gasteiger partial charge in [-0.1, -0.05) is 13.8 Å². The molecule has 0 spiro atoms. The second-order valence-corrected chi connectivity index (χ2v) is 6.14. The molecule has 0 aliphatic rings. The minimum atomic E-state index is -0.0417. The van der Waals surface area contributed by atoms with Crippen LogP contribution in [0.4, 0.5) is 0 Å². The lowest BCUT2D eigenvalue weighted by molar-refractivity contribution is -0.121. The summed E-state index contributed by atoms with van der Waals surface area (Å²) in [5, 5.41) is 2.85. The van der Waals surface area contributed by atoms with Crippen molar-refractivity contribution < 1.29 is 9.59 Å². The van der Waals surface area contributed by atoms with Crippen molar-refractivity contribution in [2.24, 2.45) is 13.0 Å². The summed E-state index contributed by atoms with van der Waals surface area (Å²) in [5.41, 5.74) is 2.77. The quantitative estimate of drug-likeness (QED) is 0.776. The molecule has 0 aliphatic heterocycles. The third-order valence-corrected chi connectivity index (χ3v) is 3.61. The van der Waals surface area contributed by atoms with Crippen LogP contribution in [-0.2, 0) is 11.8 Å². The van der Waals surface area contributed by atoms with E-state index in [2.05, 4.69) is 5.32 Å². The largest absolute Gasteiger partial charge is 0.355 e. The average molecular weight is 293 g/mol. The fourth-order valence-corrected chi connectivity index (χ4v) is 2.14. The van der Waals surface area contributed by atoms with Gasteiger partial charge in [0.05, 0.1) is 13.1 Å². The van der Waals surface area contributed by atoms with Gasteiger partial charge in [0.1, 0.15) is 0 Å². The highest BCUT2D eigenvalue weighted by molar-refractivity contribution is 5.99. The molecule has 1 aromatic heterocycles. The van der Waals surface area contributed by atoms with Crippen molar-refractivity contribution in [3.05, 3.63) is 23.0 Å². The molecule has 0 unspecified atom stereocenters. The zero-order valence-electron chi connectivity index (χ0n) is 14.0. The van der Waals surface area contributed by atoms with E-state index in [9.17, 15) is 9.59 Å². The number of rotatable bonds is 7. The van der Waals surface area contributed by atoms with E-state index in [-0.39, 0.29) is 24.8 Å². The summed E-state index contributed by atoms with van der Waals surface area (Å²) in [6, 6.07) is 1.91. The van der Waals surface area contributed by atoms with Gasteiger partial charge in [0, 0.05) is 30.5 Å². The smallest absolute Gasteiger partial charge is 0.234 e. The van der Waals surface area contributed by atoms with E-state index < -0.39 is 0 Å². The van der Waals surface area contributed by atoms with Gasteiger partial charge in [0.15, 0.2) is 5.78 Å². The molecule has 1 amide bonds. The number of Topliss-reactive ketones (excluding diaryl/α,β-unsaturated/α-hetero) is 1. The zero-order valence-corrected chi connectivity index (χ0v) is 14.0. The number of hydrogen-bond donors (Lipinski definition) is 1. The maximum Gasteiger partial charge on any atom is 0.234 e. The van der Waals surface area contributed by atoms with Crippen molar-refractivity contribution in [2.75, 3.05) is 26.7 Å². The van der Waals surface area contributed by atoms with Gasteiger partial charge in [-0.2, -0.15) is 0 Å². The van der Waals surface area contributed by atoms with Gasteiger partial charge in [-0.15, -0.1) is 0 Å². The van der Waals surface area contributed by atoms with Crippen LogP contribution in [0, 0.1) is 19.8 Å². The highest BCUT2D eigenvalue weighted by Gasteiger charge is 2.17. The third kappa shape index (κ3) is 5.01. The van der Waals surface area contributed by atoms with E-state index in [4.69, 9.17) is 0 Å². The Morgan fingerprint density at radius 2 is 1.90 bits per heavy atom. The number of nitrogens with zero attached hydrogens (tertiary/aromatic N) is 2. The molecule has 0 saturated heterocycles. The summed E-state index contributed by atoms with van der Waals surface area (Å²) in [5.74, 6) is 0.436. The second kappa shape index (κ2) is 7.41. The van der Waals surface area contributed by atoms with Crippen LogP contribution in [0.25, 0.3) is 0 Å². The predicted molar refractivity (Wildman–Crippen MR) is 84.6 cm³/mol. The van der Waals surface area contributed by atoms with Crippen molar-refractivity contribution in [1.29, 1.82) is 0 Å². The number of likely N-dealkylation sites (N-methyl/N-ethyl adjacent to an activating group) is 1. The Morgan fingerprint density at radius 3 is 2.38 bits per heavy atom. The summed E-state index contributed by atoms with van der Waals surface area (Å²) >= 11 is 0. The molecular weight excluding hydrogens is 266 g/mol. The Kier molecular flexibility index (Phi) is 6.15. The lowest BCUT2D eigenvalue weighted by Gasteiger charge is -2.16. The molecule has 1 rings (SSSR count). The molecule has 1 aromatic rings. The Hall–Kier alpha value is -1.62. The molecule has 0 bridgehead atoms. The molecule has 1 heterocycles. The number of hydrogen-bond acceptors (Lipinski definition) is 3. The van der Waals surface area contributed by atoms with Crippen LogP contribution >= 0.6 is 0 Å². The van der Waals surface area contributed by atoms with Gasteiger partial charge >= 0.3 is 0 Å². The van der Waals surface area contributed by atoms with E-state index in [1.165, 1.54) is 0 Å². The number of carbonyl (C=O) groups is 2. The molecule has 5 heteroatoms. The topological polar surface area (TPSA) is 54.3 Å². The Labute approximate surface area is 127 Å². The number of aryl methyl sites for hydroxylation is 1. The SMILES string of the molecule is Cc1cc(C(=O)CN(C)CC(=O)NCC(C)C)c(C)n1C. The minimum Gasteiger partial charge on any atom is -0.355 e. The maximum absolute atomic E-state index is 12.3. The van der Waals surface area contributed by atoms with Gasteiger partial charge < -0.3 is 9.88 Å². The molecule has 0 saturated carbocycles. The molecule has 1 N–H and O–H groups in total. The monoisotopic (exact) mass is 293 g/mol. The van der Waals surface area contributed by atoms with Gasteiger partial charge in [-0.3, -0.25) is 14.5 Å². The van der Waals surface area contributed by atoms with Gasteiger partial charge in [0.25, 0.3) is 0 Å². The van der Waals surface area contributed by atoms with Crippen LogP contribution < -0.4 is 5.32 Å². The van der Waals surface area contributed by atoms with Crippen LogP contribution in [0.3, 0.4) is 0 Å². The first-order chi connectivity index (χ1) is 9.72. The fourth-order valence-electron chi connectivity index (χ4n) is 2.14. The normalized spacial score (nSPS) is 11.2. The van der Waals surface area contributed by atoms with E-state index in [1.807, 2.05) is 45.4 Å². The third-order valence-electron chi connectivity index (χ3n) is 3.61. The first-order valence-corrected chi connectivity index (χ1v) is 7.33. The molecule has 5 nitrogen and oxygen atoms in total.